The standard InChI is InChI=1S/C18H17NO/c1-2-20-16-12-10-15(11-13-16)19-18-9-5-7-14-6-3-4-8-17(14)18/h3-13,19H,2H2,1H3. The van der Waals surface area contributed by atoms with Crippen LogP contribution in [0.1, 0.15) is 6.92 Å². The highest BCUT2D eigenvalue weighted by Crippen LogP contribution is 2.27. The fourth-order valence-electron chi connectivity index (χ4n) is 2.29. The second-order valence-electron chi connectivity index (χ2n) is 4.61. The molecular formula is C18H17NO. The van der Waals surface area contributed by atoms with Crippen LogP contribution in [0.2, 0.25) is 0 Å². The minimum Gasteiger partial charge on any atom is -0.494 e. The summed E-state index contributed by atoms with van der Waals surface area (Å²) in [6, 6.07) is 22.7. The highest BCUT2D eigenvalue weighted by atomic mass is 16.5. The summed E-state index contributed by atoms with van der Waals surface area (Å²) >= 11 is 0. The number of benzene rings is 3. The number of rotatable bonds is 4. The molecule has 3 aromatic rings. The summed E-state index contributed by atoms with van der Waals surface area (Å²) in [5.74, 6) is 0.899. The van der Waals surface area contributed by atoms with E-state index in [2.05, 4.69) is 47.8 Å². The van der Waals surface area contributed by atoms with Crippen LogP contribution in [0, 0.1) is 0 Å². The zero-order valence-corrected chi connectivity index (χ0v) is 11.5. The van der Waals surface area contributed by atoms with Gasteiger partial charge in [0.25, 0.3) is 0 Å². The molecule has 3 aromatic carbocycles. The molecule has 0 unspecified atom stereocenters. The molecule has 0 aliphatic carbocycles. The van der Waals surface area contributed by atoms with Crippen LogP contribution in [0.15, 0.2) is 66.7 Å². The van der Waals surface area contributed by atoms with Crippen LogP contribution in [-0.2, 0) is 0 Å². The number of anilines is 2. The summed E-state index contributed by atoms with van der Waals surface area (Å²) in [5.41, 5.74) is 2.18. The average molecular weight is 263 g/mol. The minimum absolute atomic E-state index is 0.691. The number of nitrogens with one attached hydrogen (secondary N) is 1. The van der Waals surface area contributed by atoms with Crippen LogP contribution in [0.4, 0.5) is 11.4 Å². The minimum atomic E-state index is 0.691. The maximum absolute atomic E-state index is 5.45. The first kappa shape index (κ1) is 12.5. The van der Waals surface area contributed by atoms with Crippen molar-refractivity contribution in [3.05, 3.63) is 66.7 Å². The molecule has 0 aromatic heterocycles. The van der Waals surface area contributed by atoms with Gasteiger partial charge >= 0.3 is 0 Å². The second-order valence-corrected chi connectivity index (χ2v) is 4.61. The average Bonchev–Trinajstić information content (AvgIpc) is 2.50. The summed E-state index contributed by atoms with van der Waals surface area (Å²) in [5, 5.41) is 5.93. The molecule has 0 aliphatic heterocycles. The van der Waals surface area contributed by atoms with Crippen LogP contribution < -0.4 is 10.1 Å². The van der Waals surface area contributed by atoms with E-state index in [-0.39, 0.29) is 0 Å². The Bertz CT molecular complexity index is 699. The number of hydrogen-bond acceptors (Lipinski definition) is 2. The molecule has 1 N–H and O–H groups in total. The van der Waals surface area contributed by atoms with Gasteiger partial charge in [-0.3, -0.25) is 0 Å². The Morgan fingerprint density at radius 2 is 1.60 bits per heavy atom. The van der Waals surface area contributed by atoms with E-state index in [0.717, 1.165) is 17.1 Å². The van der Waals surface area contributed by atoms with Crippen molar-refractivity contribution in [2.75, 3.05) is 11.9 Å². The Kier molecular flexibility index (Phi) is 3.55. The molecule has 0 heterocycles. The molecule has 0 spiro atoms. The second kappa shape index (κ2) is 5.66. The summed E-state index contributed by atoms with van der Waals surface area (Å²) in [4.78, 5) is 0. The Hall–Kier alpha value is -2.48. The van der Waals surface area contributed by atoms with Gasteiger partial charge < -0.3 is 10.1 Å². The van der Waals surface area contributed by atoms with E-state index in [1.165, 1.54) is 10.8 Å². The summed E-state index contributed by atoms with van der Waals surface area (Å²) < 4.78 is 5.45. The van der Waals surface area contributed by atoms with Gasteiger partial charge in [-0.15, -0.1) is 0 Å². The summed E-state index contributed by atoms with van der Waals surface area (Å²) in [6.45, 7) is 2.68. The van der Waals surface area contributed by atoms with Crippen molar-refractivity contribution in [2.24, 2.45) is 0 Å². The van der Waals surface area contributed by atoms with Crippen molar-refractivity contribution in [3.8, 4) is 5.75 Å². The van der Waals surface area contributed by atoms with E-state index < -0.39 is 0 Å². The SMILES string of the molecule is CCOc1ccc(Nc2cccc3ccccc23)cc1. The van der Waals surface area contributed by atoms with E-state index in [1.807, 2.05) is 31.2 Å². The molecule has 0 aliphatic rings. The lowest BCUT2D eigenvalue weighted by molar-refractivity contribution is 0.340. The molecule has 0 atom stereocenters. The predicted octanol–water partition coefficient (Wildman–Crippen LogP) is 4.98. The van der Waals surface area contributed by atoms with E-state index in [1.54, 1.807) is 0 Å². The maximum atomic E-state index is 5.45. The Morgan fingerprint density at radius 1 is 0.850 bits per heavy atom. The largest absolute Gasteiger partial charge is 0.494 e. The molecule has 2 heteroatoms. The molecule has 0 fully saturated rings. The number of ether oxygens (including phenoxy) is 1. The zero-order valence-electron chi connectivity index (χ0n) is 11.5. The number of fused-ring (bicyclic) bond motifs is 1. The van der Waals surface area contributed by atoms with Gasteiger partial charge in [-0.05, 0) is 42.6 Å². The summed E-state index contributed by atoms with van der Waals surface area (Å²) in [7, 11) is 0. The van der Waals surface area contributed by atoms with Crippen molar-refractivity contribution in [2.45, 2.75) is 6.92 Å². The monoisotopic (exact) mass is 263 g/mol. The molecule has 20 heavy (non-hydrogen) atoms. The van der Waals surface area contributed by atoms with Crippen molar-refractivity contribution in [1.82, 2.24) is 0 Å². The van der Waals surface area contributed by atoms with E-state index in [9.17, 15) is 0 Å². The molecule has 0 amide bonds. The normalized spacial score (nSPS) is 10.4. The third-order valence-corrected chi connectivity index (χ3v) is 3.23. The van der Waals surface area contributed by atoms with Gasteiger partial charge in [-0.1, -0.05) is 36.4 Å². The first-order valence-corrected chi connectivity index (χ1v) is 6.84. The Balaban J connectivity index is 1.89. The fourth-order valence-corrected chi connectivity index (χ4v) is 2.29. The highest BCUT2D eigenvalue weighted by Gasteiger charge is 2.01. The van der Waals surface area contributed by atoms with Gasteiger partial charge in [0.2, 0.25) is 0 Å². The molecule has 0 saturated heterocycles. The maximum Gasteiger partial charge on any atom is 0.119 e. The molecule has 100 valence electrons. The highest BCUT2D eigenvalue weighted by molar-refractivity contribution is 5.95. The smallest absolute Gasteiger partial charge is 0.119 e. The van der Waals surface area contributed by atoms with Crippen molar-refractivity contribution >= 4 is 22.1 Å². The van der Waals surface area contributed by atoms with Gasteiger partial charge in [0.05, 0.1) is 6.61 Å². The van der Waals surface area contributed by atoms with Crippen molar-refractivity contribution in [3.63, 3.8) is 0 Å². The van der Waals surface area contributed by atoms with Gasteiger partial charge in [0.15, 0.2) is 0 Å². The first-order chi connectivity index (χ1) is 9.86. The third-order valence-electron chi connectivity index (χ3n) is 3.23. The van der Waals surface area contributed by atoms with Crippen molar-refractivity contribution in [1.29, 1.82) is 0 Å². The van der Waals surface area contributed by atoms with Crippen LogP contribution in [0.3, 0.4) is 0 Å². The van der Waals surface area contributed by atoms with Gasteiger partial charge in [-0.2, -0.15) is 0 Å². The lowest BCUT2D eigenvalue weighted by atomic mass is 10.1. The molecule has 0 bridgehead atoms. The quantitative estimate of drug-likeness (QED) is 0.716. The summed E-state index contributed by atoms with van der Waals surface area (Å²) in [6.07, 6.45) is 0. The molecule has 3 rings (SSSR count). The fraction of sp³-hybridized carbons (Fsp3) is 0.111. The van der Waals surface area contributed by atoms with Gasteiger partial charge in [0, 0.05) is 16.8 Å². The molecular weight excluding hydrogens is 246 g/mol. The topological polar surface area (TPSA) is 21.3 Å². The lowest BCUT2D eigenvalue weighted by Gasteiger charge is -2.10. The van der Waals surface area contributed by atoms with E-state index >= 15 is 0 Å². The van der Waals surface area contributed by atoms with Crippen LogP contribution >= 0.6 is 0 Å². The van der Waals surface area contributed by atoms with Crippen molar-refractivity contribution < 1.29 is 4.74 Å². The molecule has 0 saturated carbocycles. The van der Waals surface area contributed by atoms with Gasteiger partial charge in [-0.25, -0.2) is 0 Å². The first-order valence-electron chi connectivity index (χ1n) is 6.84. The number of hydrogen-bond donors (Lipinski definition) is 1. The lowest BCUT2D eigenvalue weighted by Crippen LogP contribution is -1.93. The van der Waals surface area contributed by atoms with Crippen LogP contribution in [0.25, 0.3) is 10.8 Å². The Morgan fingerprint density at radius 3 is 2.40 bits per heavy atom. The predicted molar refractivity (Wildman–Crippen MR) is 84.8 cm³/mol. The van der Waals surface area contributed by atoms with E-state index in [0.29, 0.717) is 6.61 Å². The zero-order chi connectivity index (χ0) is 13.8. The van der Waals surface area contributed by atoms with Crippen LogP contribution in [0.5, 0.6) is 5.75 Å². The Labute approximate surface area is 119 Å². The molecule has 2 nitrogen and oxygen atoms in total. The molecule has 0 radical (unpaired) electrons. The van der Waals surface area contributed by atoms with E-state index in [4.69, 9.17) is 4.74 Å². The third kappa shape index (κ3) is 2.59. The van der Waals surface area contributed by atoms with Crippen LogP contribution in [-0.4, -0.2) is 6.61 Å². The van der Waals surface area contributed by atoms with Gasteiger partial charge in [0.1, 0.15) is 5.75 Å².